The van der Waals surface area contributed by atoms with Crippen LogP contribution in [-0.4, -0.2) is 32.6 Å². The van der Waals surface area contributed by atoms with E-state index in [1.165, 1.54) is 0 Å². The van der Waals surface area contributed by atoms with Gasteiger partial charge in [0, 0.05) is 17.7 Å². The number of amides is 1. The zero-order valence-corrected chi connectivity index (χ0v) is 12.2. The van der Waals surface area contributed by atoms with Gasteiger partial charge >= 0.3 is 5.69 Å². The Morgan fingerprint density at radius 3 is 2.45 bits per heavy atom. The van der Waals surface area contributed by atoms with Crippen molar-refractivity contribution >= 4 is 5.91 Å². The topological polar surface area (TPSA) is 115 Å². The maximum atomic E-state index is 11.8. The quantitative estimate of drug-likeness (QED) is 0.587. The van der Waals surface area contributed by atoms with E-state index in [1.807, 2.05) is 0 Å². The second kappa shape index (κ2) is 6.04. The molecular formula is C13H21N3O4. The van der Waals surface area contributed by atoms with Crippen LogP contribution >= 0.6 is 0 Å². The van der Waals surface area contributed by atoms with E-state index in [9.17, 15) is 19.5 Å². The second-order valence-corrected chi connectivity index (χ2v) is 5.46. The largest absolute Gasteiger partial charge is 0.391 e. The van der Waals surface area contributed by atoms with Crippen molar-refractivity contribution in [3.05, 3.63) is 32.1 Å². The smallest absolute Gasteiger partial charge is 0.325 e. The molecule has 1 rings (SSSR count). The van der Waals surface area contributed by atoms with Crippen LogP contribution in [0.25, 0.3) is 0 Å². The molecule has 0 aromatic carbocycles. The molecular weight excluding hydrogens is 262 g/mol. The maximum Gasteiger partial charge on any atom is 0.325 e. The number of nitrogens with one attached hydrogen (secondary N) is 3. The number of aliphatic hydroxyl groups excluding tert-OH is 1. The third kappa shape index (κ3) is 4.06. The fourth-order valence-corrected chi connectivity index (χ4v) is 1.69. The summed E-state index contributed by atoms with van der Waals surface area (Å²) >= 11 is 0. The average molecular weight is 283 g/mol. The second-order valence-electron chi connectivity index (χ2n) is 5.46. The molecule has 0 radical (unpaired) electrons. The number of aryl methyl sites for hydroxylation is 1. The fraction of sp³-hybridized carbons (Fsp3) is 0.615. The molecule has 0 aliphatic carbocycles. The first-order valence-corrected chi connectivity index (χ1v) is 6.44. The molecule has 4 N–H and O–H groups in total. The molecule has 1 unspecified atom stereocenters. The minimum absolute atomic E-state index is 0.103. The Bertz CT molecular complexity index is 598. The zero-order chi connectivity index (χ0) is 15.5. The average Bonchev–Trinajstić information content (AvgIpc) is 2.26. The molecule has 0 aliphatic rings. The van der Waals surface area contributed by atoms with E-state index < -0.39 is 22.9 Å². The molecule has 0 spiro atoms. The van der Waals surface area contributed by atoms with E-state index in [0.29, 0.717) is 11.3 Å². The Morgan fingerprint density at radius 1 is 1.35 bits per heavy atom. The Morgan fingerprint density at radius 2 is 1.95 bits per heavy atom. The standard InChI is InChI=1S/C13H21N3O4/c1-7-9(11(19)15-12(20)14-7)5-6-10(18)16-13(3,4)8(2)17/h8,17H,5-6H2,1-4H3,(H,16,18)(H2,14,15,19,20). The number of rotatable bonds is 5. The number of aliphatic hydroxyl groups is 1. The van der Waals surface area contributed by atoms with Gasteiger partial charge in [0.1, 0.15) is 0 Å². The number of carbonyl (C=O) groups excluding carboxylic acids is 1. The van der Waals surface area contributed by atoms with E-state index in [-0.39, 0.29) is 18.7 Å². The lowest BCUT2D eigenvalue weighted by Crippen LogP contribution is -2.51. The molecule has 1 heterocycles. The van der Waals surface area contributed by atoms with Crippen molar-refractivity contribution in [3.63, 3.8) is 0 Å². The molecule has 1 amide bonds. The zero-order valence-electron chi connectivity index (χ0n) is 12.2. The monoisotopic (exact) mass is 283 g/mol. The third-order valence-electron chi connectivity index (χ3n) is 3.36. The first-order chi connectivity index (χ1) is 9.13. The number of hydrogen-bond acceptors (Lipinski definition) is 4. The number of carbonyl (C=O) groups is 1. The Kier molecular flexibility index (Phi) is 4.88. The van der Waals surface area contributed by atoms with Gasteiger partial charge < -0.3 is 15.4 Å². The number of aromatic amines is 2. The molecule has 0 saturated carbocycles. The number of hydrogen-bond donors (Lipinski definition) is 4. The summed E-state index contributed by atoms with van der Waals surface area (Å²) in [6, 6.07) is 0. The van der Waals surface area contributed by atoms with Crippen molar-refractivity contribution in [2.45, 2.75) is 52.2 Å². The van der Waals surface area contributed by atoms with Gasteiger partial charge in [0.15, 0.2) is 0 Å². The fourth-order valence-electron chi connectivity index (χ4n) is 1.69. The molecule has 7 nitrogen and oxygen atoms in total. The minimum atomic E-state index is -0.733. The first-order valence-electron chi connectivity index (χ1n) is 6.44. The third-order valence-corrected chi connectivity index (χ3v) is 3.36. The molecule has 1 aromatic heterocycles. The van der Waals surface area contributed by atoms with Crippen LogP contribution in [0.4, 0.5) is 0 Å². The molecule has 0 saturated heterocycles. The van der Waals surface area contributed by atoms with E-state index >= 15 is 0 Å². The Hall–Kier alpha value is -1.89. The van der Waals surface area contributed by atoms with Crippen molar-refractivity contribution in [1.29, 1.82) is 0 Å². The van der Waals surface area contributed by atoms with Crippen LogP contribution < -0.4 is 16.6 Å². The Balaban J connectivity index is 2.72. The highest BCUT2D eigenvalue weighted by atomic mass is 16.3. The van der Waals surface area contributed by atoms with Crippen LogP contribution in [0.3, 0.4) is 0 Å². The minimum Gasteiger partial charge on any atom is -0.391 e. The molecule has 0 fully saturated rings. The number of H-pyrrole nitrogens is 2. The van der Waals surface area contributed by atoms with Crippen molar-refractivity contribution in [3.8, 4) is 0 Å². The van der Waals surface area contributed by atoms with Gasteiger partial charge in [0.2, 0.25) is 5.91 Å². The highest BCUT2D eigenvalue weighted by Gasteiger charge is 2.25. The van der Waals surface area contributed by atoms with E-state index in [2.05, 4.69) is 15.3 Å². The number of aromatic nitrogens is 2. The lowest BCUT2D eigenvalue weighted by atomic mass is 9.98. The summed E-state index contributed by atoms with van der Waals surface area (Å²) in [6.07, 6.45) is -0.365. The van der Waals surface area contributed by atoms with E-state index in [0.717, 1.165) is 0 Å². The molecule has 0 aliphatic heterocycles. The van der Waals surface area contributed by atoms with Crippen LogP contribution in [0.5, 0.6) is 0 Å². The van der Waals surface area contributed by atoms with Gasteiger partial charge in [0.05, 0.1) is 11.6 Å². The van der Waals surface area contributed by atoms with E-state index in [1.54, 1.807) is 27.7 Å². The van der Waals surface area contributed by atoms with Gasteiger partial charge in [-0.1, -0.05) is 0 Å². The van der Waals surface area contributed by atoms with Gasteiger partial charge in [-0.2, -0.15) is 0 Å². The van der Waals surface area contributed by atoms with Gasteiger partial charge in [-0.05, 0) is 34.1 Å². The molecule has 1 aromatic rings. The van der Waals surface area contributed by atoms with Crippen LogP contribution in [0.15, 0.2) is 9.59 Å². The van der Waals surface area contributed by atoms with Crippen LogP contribution in [0.1, 0.15) is 38.4 Å². The summed E-state index contributed by atoms with van der Waals surface area (Å²) in [5.74, 6) is -0.263. The first kappa shape index (κ1) is 16.2. The molecule has 7 heteroatoms. The molecule has 0 bridgehead atoms. The lowest BCUT2D eigenvalue weighted by Gasteiger charge is -2.29. The van der Waals surface area contributed by atoms with Crippen molar-refractivity contribution in [2.24, 2.45) is 0 Å². The summed E-state index contributed by atoms with van der Waals surface area (Å²) in [6.45, 7) is 6.64. The van der Waals surface area contributed by atoms with Crippen LogP contribution in [-0.2, 0) is 11.2 Å². The highest BCUT2D eigenvalue weighted by molar-refractivity contribution is 5.77. The van der Waals surface area contributed by atoms with Gasteiger partial charge in [0.25, 0.3) is 5.56 Å². The van der Waals surface area contributed by atoms with Crippen LogP contribution in [0, 0.1) is 6.92 Å². The summed E-state index contributed by atoms with van der Waals surface area (Å²) < 4.78 is 0. The normalized spacial score (nSPS) is 13.1. The highest BCUT2D eigenvalue weighted by Crippen LogP contribution is 2.09. The molecule has 1 atom stereocenters. The van der Waals surface area contributed by atoms with Crippen LogP contribution in [0.2, 0.25) is 0 Å². The predicted octanol–water partition coefficient (Wildman–Crippen LogP) is -0.420. The molecule has 20 heavy (non-hydrogen) atoms. The Labute approximate surface area is 116 Å². The summed E-state index contributed by atoms with van der Waals surface area (Å²) in [4.78, 5) is 39.1. The lowest BCUT2D eigenvalue weighted by molar-refractivity contribution is -0.123. The summed E-state index contributed by atoms with van der Waals surface area (Å²) in [5, 5.41) is 12.2. The van der Waals surface area contributed by atoms with Gasteiger partial charge in [-0.25, -0.2) is 4.79 Å². The maximum absolute atomic E-state index is 11.8. The summed E-state index contributed by atoms with van der Waals surface area (Å²) in [5.41, 5.74) is -0.926. The van der Waals surface area contributed by atoms with Gasteiger partial charge in [-0.3, -0.25) is 14.6 Å². The van der Waals surface area contributed by atoms with Gasteiger partial charge in [-0.15, -0.1) is 0 Å². The van der Waals surface area contributed by atoms with E-state index in [4.69, 9.17) is 0 Å². The SMILES string of the molecule is Cc1[nH]c(=O)[nH]c(=O)c1CCC(=O)NC(C)(C)C(C)O. The summed E-state index contributed by atoms with van der Waals surface area (Å²) in [7, 11) is 0. The van der Waals surface area contributed by atoms with Crippen molar-refractivity contribution in [2.75, 3.05) is 0 Å². The molecule has 112 valence electrons. The van der Waals surface area contributed by atoms with Crippen molar-refractivity contribution in [1.82, 2.24) is 15.3 Å². The predicted molar refractivity (Wildman–Crippen MR) is 74.6 cm³/mol. The van der Waals surface area contributed by atoms with Crippen molar-refractivity contribution < 1.29 is 9.90 Å².